The lowest BCUT2D eigenvalue weighted by Crippen LogP contribution is -2.24. The number of rotatable bonds is 5. The van der Waals surface area contributed by atoms with Gasteiger partial charge in [-0.3, -0.25) is 9.80 Å². The van der Waals surface area contributed by atoms with Gasteiger partial charge in [-0.2, -0.15) is 0 Å². The van der Waals surface area contributed by atoms with Crippen LogP contribution in [-0.4, -0.2) is 69.1 Å². The highest BCUT2D eigenvalue weighted by molar-refractivity contribution is 5.03. The maximum Gasteiger partial charge on any atom is 0.159 e. The highest BCUT2D eigenvalue weighted by atomic mass is 16.7. The Hall–Kier alpha value is -0.600. The Balaban J connectivity index is 1.53. The molecule has 2 saturated heterocycles. The van der Waals surface area contributed by atoms with Crippen LogP contribution in [0.4, 0.5) is 0 Å². The van der Waals surface area contributed by atoms with Gasteiger partial charge in [0.05, 0.1) is 26.3 Å². The third-order valence-electron chi connectivity index (χ3n) is 3.41. The number of likely N-dealkylation sites (tertiary alicyclic amines) is 1. The van der Waals surface area contributed by atoms with Gasteiger partial charge in [0.15, 0.2) is 6.29 Å². The fourth-order valence-corrected chi connectivity index (χ4v) is 2.28. The van der Waals surface area contributed by atoms with E-state index in [0.717, 1.165) is 39.3 Å². The molecule has 2 aliphatic rings. The molecular weight excluding hydrogens is 228 g/mol. The van der Waals surface area contributed by atoms with E-state index in [1.807, 2.05) is 0 Å². The molecule has 0 amide bonds. The number of hydrogen-bond acceptors (Lipinski definition) is 4. The standard InChI is InChI=1S/C14H24N2O2/c1-15(11-6-14-17-12-13-18-14)7-2-3-8-16-9-4-5-10-16/h14H,4-13H2,1H3. The Morgan fingerprint density at radius 1 is 1.17 bits per heavy atom. The lowest BCUT2D eigenvalue weighted by atomic mass is 10.4. The molecule has 0 aromatic heterocycles. The summed E-state index contributed by atoms with van der Waals surface area (Å²) in [6.07, 6.45) is 3.61. The molecule has 0 saturated carbocycles. The lowest BCUT2D eigenvalue weighted by Gasteiger charge is -2.15. The maximum absolute atomic E-state index is 5.40. The molecule has 0 spiro atoms. The molecule has 2 fully saturated rings. The predicted octanol–water partition coefficient (Wildman–Crippen LogP) is 0.780. The van der Waals surface area contributed by atoms with Crippen LogP contribution in [0.5, 0.6) is 0 Å². The minimum atomic E-state index is 0.00464. The van der Waals surface area contributed by atoms with E-state index in [9.17, 15) is 0 Å². The summed E-state index contributed by atoms with van der Waals surface area (Å²) < 4.78 is 10.8. The van der Waals surface area contributed by atoms with Gasteiger partial charge < -0.3 is 9.47 Å². The average Bonchev–Trinajstić information content (AvgIpc) is 3.04. The third-order valence-corrected chi connectivity index (χ3v) is 3.41. The SMILES string of the molecule is CN(CC#CCN1CCCC1)CCC1OCCO1. The van der Waals surface area contributed by atoms with Crippen molar-refractivity contribution in [3.05, 3.63) is 0 Å². The maximum atomic E-state index is 5.40. The fraction of sp³-hybridized carbons (Fsp3) is 0.857. The lowest BCUT2D eigenvalue weighted by molar-refractivity contribution is -0.0500. The van der Waals surface area contributed by atoms with Crippen molar-refractivity contribution in [3.8, 4) is 11.8 Å². The zero-order valence-corrected chi connectivity index (χ0v) is 11.4. The molecule has 2 heterocycles. The van der Waals surface area contributed by atoms with Crippen molar-refractivity contribution in [2.24, 2.45) is 0 Å². The Bertz CT molecular complexity index is 286. The molecule has 0 bridgehead atoms. The number of nitrogens with zero attached hydrogens (tertiary/aromatic N) is 2. The van der Waals surface area contributed by atoms with Crippen LogP contribution in [0.3, 0.4) is 0 Å². The summed E-state index contributed by atoms with van der Waals surface area (Å²) in [7, 11) is 2.10. The van der Waals surface area contributed by atoms with Gasteiger partial charge in [-0.1, -0.05) is 11.8 Å². The smallest absolute Gasteiger partial charge is 0.159 e. The minimum Gasteiger partial charge on any atom is -0.350 e. The molecule has 0 N–H and O–H groups in total. The third kappa shape index (κ3) is 4.95. The molecule has 4 nitrogen and oxygen atoms in total. The van der Waals surface area contributed by atoms with E-state index < -0.39 is 0 Å². The summed E-state index contributed by atoms with van der Waals surface area (Å²) in [5, 5.41) is 0. The molecule has 18 heavy (non-hydrogen) atoms. The molecule has 0 aromatic carbocycles. The average molecular weight is 252 g/mol. The topological polar surface area (TPSA) is 24.9 Å². The monoisotopic (exact) mass is 252 g/mol. The van der Waals surface area contributed by atoms with Crippen molar-refractivity contribution >= 4 is 0 Å². The minimum absolute atomic E-state index is 0.00464. The first-order chi connectivity index (χ1) is 8.84. The molecule has 102 valence electrons. The van der Waals surface area contributed by atoms with Crippen LogP contribution >= 0.6 is 0 Å². The Morgan fingerprint density at radius 3 is 2.61 bits per heavy atom. The van der Waals surface area contributed by atoms with E-state index in [-0.39, 0.29) is 6.29 Å². The molecule has 2 aliphatic heterocycles. The van der Waals surface area contributed by atoms with Gasteiger partial charge >= 0.3 is 0 Å². The molecule has 0 aromatic rings. The van der Waals surface area contributed by atoms with Crippen LogP contribution in [0.15, 0.2) is 0 Å². The van der Waals surface area contributed by atoms with Gasteiger partial charge in [0.1, 0.15) is 0 Å². The van der Waals surface area contributed by atoms with Crippen molar-refractivity contribution in [1.29, 1.82) is 0 Å². The van der Waals surface area contributed by atoms with Crippen molar-refractivity contribution in [3.63, 3.8) is 0 Å². The molecule has 0 unspecified atom stereocenters. The summed E-state index contributed by atoms with van der Waals surface area (Å²) in [5.74, 6) is 6.50. The second kappa shape index (κ2) is 7.75. The summed E-state index contributed by atoms with van der Waals surface area (Å²) in [6.45, 7) is 6.67. The van der Waals surface area contributed by atoms with Crippen LogP contribution < -0.4 is 0 Å². The summed E-state index contributed by atoms with van der Waals surface area (Å²) in [6, 6.07) is 0. The zero-order valence-electron chi connectivity index (χ0n) is 11.4. The van der Waals surface area contributed by atoms with Crippen molar-refractivity contribution in [2.45, 2.75) is 25.6 Å². The van der Waals surface area contributed by atoms with E-state index in [1.54, 1.807) is 0 Å². The summed E-state index contributed by atoms with van der Waals surface area (Å²) >= 11 is 0. The van der Waals surface area contributed by atoms with Gasteiger partial charge in [0, 0.05) is 13.0 Å². The largest absolute Gasteiger partial charge is 0.350 e. The van der Waals surface area contributed by atoms with Gasteiger partial charge in [0.25, 0.3) is 0 Å². The van der Waals surface area contributed by atoms with Crippen LogP contribution in [0.2, 0.25) is 0 Å². The second-order valence-corrected chi connectivity index (χ2v) is 5.03. The molecule has 4 heteroatoms. The molecule has 0 radical (unpaired) electrons. The zero-order chi connectivity index (χ0) is 12.6. The molecular formula is C14H24N2O2. The Labute approximate surface area is 110 Å². The van der Waals surface area contributed by atoms with Crippen LogP contribution in [0.25, 0.3) is 0 Å². The van der Waals surface area contributed by atoms with E-state index in [1.165, 1.54) is 25.9 Å². The van der Waals surface area contributed by atoms with Crippen LogP contribution in [0, 0.1) is 11.8 Å². The summed E-state index contributed by atoms with van der Waals surface area (Å²) in [4.78, 5) is 4.65. The highest BCUT2D eigenvalue weighted by Gasteiger charge is 2.15. The van der Waals surface area contributed by atoms with Gasteiger partial charge in [-0.15, -0.1) is 0 Å². The van der Waals surface area contributed by atoms with E-state index >= 15 is 0 Å². The second-order valence-electron chi connectivity index (χ2n) is 5.03. The highest BCUT2D eigenvalue weighted by Crippen LogP contribution is 2.08. The molecule has 0 atom stereocenters. The normalized spacial score (nSPS) is 21.4. The van der Waals surface area contributed by atoms with Gasteiger partial charge in [-0.25, -0.2) is 0 Å². The Morgan fingerprint density at radius 2 is 1.89 bits per heavy atom. The first kappa shape index (κ1) is 13.8. The van der Waals surface area contributed by atoms with E-state index in [4.69, 9.17) is 9.47 Å². The molecule has 2 rings (SSSR count). The first-order valence-corrected chi connectivity index (χ1v) is 6.94. The number of hydrogen-bond donors (Lipinski definition) is 0. The van der Waals surface area contributed by atoms with E-state index in [2.05, 4.69) is 28.7 Å². The predicted molar refractivity (Wildman–Crippen MR) is 71.3 cm³/mol. The summed E-state index contributed by atoms with van der Waals surface area (Å²) in [5.41, 5.74) is 0. The van der Waals surface area contributed by atoms with Crippen molar-refractivity contribution < 1.29 is 9.47 Å². The van der Waals surface area contributed by atoms with Crippen molar-refractivity contribution in [1.82, 2.24) is 9.80 Å². The molecule has 0 aliphatic carbocycles. The van der Waals surface area contributed by atoms with Crippen molar-refractivity contribution in [2.75, 3.05) is 53.0 Å². The van der Waals surface area contributed by atoms with Crippen LogP contribution in [0.1, 0.15) is 19.3 Å². The number of ether oxygens (including phenoxy) is 2. The van der Waals surface area contributed by atoms with E-state index in [0.29, 0.717) is 0 Å². The van der Waals surface area contributed by atoms with Crippen LogP contribution in [-0.2, 0) is 9.47 Å². The Kier molecular flexibility index (Phi) is 5.95. The van der Waals surface area contributed by atoms with Gasteiger partial charge in [-0.05, 0) is 33.0 Å². The first-order valence-electron chi connectivity index (χ1n) is 6.94. The fourth-order valence-electron chi connectivity index (χ4n) is 2.28. The quantitative estimate of drug-likeness (QED) is 0.675. The van der Waals surface area contributed by atoms with Gasteiger partial charge in [0.2, 0.25) is 0 Å².